The summed E-state index contributed by atoms with van der Waals surface area (Å²) in [6.07, 6.45) is 0.457. The first-order valence-electron chi connectivity index (χ1n) is 6.03. The average molecular weight is 265 g/mol. The molecule has 6 heteroatoms. The minimum atomic E-state index is -0.859. The van der Waals surface area contributed by atoms with E-state index in [-0.39, 0.29) is 12.5 Å². The van der Waals surface area contributed by atoms with Gasteiger partial charge in [0.15, 0.2) is 0 Å². The fraction of sp³-hybridized carbons (Fsp3) is 0.385. The molecule has 0 fully saturated rings. The highest BCUT2D eigenvalue weighted by atomic mass is 16.4. The number of para-hydroxylation sites is 1. The first-order chi connectivity index (χ1) is 9.00. The molecule has 0 unspecified atom stereocenters. The fourth-order valence-corrected chi connectivity index (χ4v) is 1.57. The molecule has 0 atom stereocenters. The zero-order valence-corrected chi connectivity index (χ0v) is 11.2. The van der Waals surface area contributed by atoms with Crippen molar-refractivity contribution in [1.82, 2.24) is 10.0 Å². The van der Waals surface area contributed by atoms with Crippen LogP contribution in [0.3, 0.4) is 0 Å². The highest BCUT2D eigenvalue weighted by Gasteiger charge is 2.15. The first-order valence-corrected chi connectivity index (χ1v) is 6.03. The maximum atomic E-state index is 12.1. The molecule has 104 valence electrons. The molecule has 0 aromatic heterocycles. The normalized spacial score (nSPS) is 10.3. The van der Waals surface area contributed by atoms with Crippen molar-refractivity contribution in [3.63, 3.8) is 0 Å². The summed E-state index contributed by atoms with van der Waals surface area (Å²) >= 11 is 0. The molecular formula is C13H19N3O3. The van der Waals surface area contributed by atoms with Crippen molar-refractivity contribution in [2.24, 2.45) is 0 Å². The van der Waals surface area contributed by atoms with Crippen molar-refractivity contribution in [3.8, 4) is 0 Å². The van der Waals surface area contributed by atoms with Crippen molar-refractivity contribution < 1.29 is 14.7 Å². The Morgan fingerprint density at radius 3 is 2.37 bits per heavy atom. The molecule has 0 saturated carbocycles. The monoisotopic (exact) mass is 265 g/mol. The second kappa shape index (κ2) is 7.38. The predicted octanol–water partition coefficient (Wildman–Crippen LogP) is 1.86. The van der Waals surface area contributed by atoms with Crippen LogP contribution in [0.2, 0.25) is 0 Å². The van der Waals surface area contributed by atoms with Crippen LogP contribution in [-0.4, -0.2) is 47.8 Å². The lowest BCUT2D eigenvalue weighted by molar-refractivity contribution is -0.137. The highest BCUT2D eigenvalue weighted by molar-refractivity contribution is 5.88. The van der Waals surface area contributed by atoms with Crippen molar-refractivity contribution >= 4 is 17.7 Å². The van der Waals surface area contributed by atoms with E-state index >= 15 is 0 Å². The van der Waals surface area contributed by atoms with Crippen molar-refractivity contribution in [1.29, 1.82) is 0 Å². The van der Waals surface area contributed by atoms with E-state index < -0.39 is 5.97 Å². The Labute approximate surface area is 112 Å². The summed E-state index contributed by atoms with van der Waals surface area (Å²) < 4.78 is 0. The minimum Gasteiger partial charge on any atom is -0.481 e. The third-order valence-corrected chi connectivity index (χ3v) is 2.50. The quantitative estimate of drug-likeness (QED) is 0.770. The number of hydrazine groups is 1. The van der Waals surface area contributed by atoms with E-state index in [0.717, 1.165) is 0 Å². The number of hydrogen-bond donors (Lipinski definition) is 2. The van der Waals surface area contributed by atoms with E-state index in [9.17, 15) is 9.59 Å². The smallest absolute Gasteiger partial charge is 0.336 e. The molecule has 0 heterocycles. The zero-order valence-electron chi connectivity index (χ0n) is 11.2. The summed E-state index contributed by atoms with van der Waals surface area (Å²) in [6.45, 7) is 0.359. The lowest BCUT2D eigenvalue weighted by Gasteiger charge is -2.28. The van der Waals surface area contributed by atoms with Crippen LogP contribution in [-0.2, 0) is 4.79 Å². The zero-order chi connectivity index (χ0) is 14.3. The third kappa shape index (κ3) is 5.39. The number of carboxylic acids is 1. The Morgan fingerprint density at radius 2 is 1.84 bits per heavy atom. The summed E-state index contributed by atoms with van der Waals surface area (Å²) in [5.74, 6) is -0.859. The van der Waals surface area contributed by atoms with E-state index in [4.69, 9.17) is 5.11 Å². The minimum absolute atomic E-state index is 0.0446. The molecule has 0 spiro atoms. The topological polar surface area (TPSA) is 72.9 Å². The fourth-order valence-electron chi connectivity index (χ4n) is 1.57. The van der Waals surface area contributed by atoms with Gasteiger partial charge in [-0.3, -0.25) is 9.80 Å². The molecule has 1 aromatic rings. The van der Waals surface area contributed by atoms with Crippen molar-refractivity contribution in [3.05, 3.63) is 30.3 Å². The standard InChI is InChI=1S/C13H19N3O3/c1-15(2)16(10-6-9-12(17)18)13(19)14-11-7-4-3-5-8-11/h3-5,7-8H,6,9-10H2,1-2H3,(H,14,19)(H,17,18). The third-order valence-electron chi connectivity index (χ3n) is 2.50. The van der Waals surface area contributed by atoms with Crippen LogP contribution in [0.4, 0.5) is 10.5 Å². The number of amides is 2. The summed E-state index contributed by atoms with van der Waals surface area (Å²) in [5, 5.41) is 14.5. The molecule has 2 amide bonds. The number of nitrogens with zero attached hydrogens (tertiary/aromatic N) is 2. The maximum Gasteiger partial charge on any atom is 0.336 e. The van der Waals surface area contributed by atoms with Gasteiger partial charge in [0.25, 0.3) is 0 Å². The van der Waals surface area contributed by atoms with Gasteiger partial charge in [-0.05, 0) is 18.6 Å². The van der Waals surface area contributed by atoms with E-state index in [2.05, 4.69) is 5.32 Å². The number of aliphatic carboxylic acids is 1. The van der Waals surface area contributed by atoms with Crippen LogP contribution in [0, 0.1) is 0 Å². The number of anilines is 1. The number of carbonyl (C=O) groups is 2. The van der Waals surface area contributed by atoms with Gasteiger partial charge in [-0.15, -0.1) is 0 Å². The Kier molecular flexibility index (Phi) is 5.81. The Bertz CT molecular complexity index is 420. The highest BCUT2D eigenvalue weighted by Crippen LogP contribution is 2.08. The van der Waals surface area contributed by atoms with Gasteiger partial charge in [0.2, 0.25) is 0 Å². The summed E-state index contributed by atoms with van der Waals surface area (Å²) in [4.78, 5) is 22.5. The molecule has 0 saturated heterocycles. The molecule has 1 aromatic carbocycles. The molecular weight excluding hydrogens is 246 g/mol. The number of benzene rings is 1. The van der Waals surface area contributed by atoms with Gasteiger partial charge in [-0.2, -0.15) is 0 Å². The first kappa shape index (κ1) is 15.0. The molecule has 0 radical (unpaired) electrons. The van der Waals surface area contributed by atoms with Crippen molar-refractivity contribution in [2.45, 2.75) is 12.8 Å². The van der Waals surface area contributed by atoms with Crippen LogP contribution >= 0.6 is 0 Å². The van der Waals surface area contributed by atoms with Gasteiger partial charge in [-0.1, -0.05) is 18.2 Å². The maximum absolute atomic E-state index is 12.1. The number of hydrogen-bond acceptors (Lipinski definition) is 3. The van der Waals surface area contributed by atoms with Gasteiger partial charge in [-0.25, -0.2) is 9.80 Å². The molecule has 1 rings (SSSR count). The number of nitrogens with one attached hydrogen (secondary N) is 1. The molecule has 19 heavy (non-hydrogen) atoms. The van der Waals surface area contributed by atoms with Crippen LogP contribution < -0.4 is 5.32 Å². The molecule has 0 aliphatic heterocycles. The van der Waals surface area contributed by atoms with E-state index in [1.165, 1.54) is 5.01 Å². The molecule has 0 aliphatic carbocycles. The molecule has 6 nitrogen and oxygen atoms in total. The summed E-state index contributed by atoms with van der Waals surface area (Å²) in [6, 6.07) is 8.85. The van der Waals surface area contributed by atoms with Gasteiger partial charge < -0.3 is 10.4 Å². The predicted molar refractivity (Wildman–Crippen MR) is 72.7 cm³/mol. The van der Waals surface area contributed by atoms with E-state index in [0.29, 0.717) is 18.7 Å². The van der Waals surface area contributed by atoms with Gasteiger partial charge in [0.1, 0.15) is 0 Å². The number of rotatable bonds is 6. The van der Waals surface area contributed by atoms with Gasteiger partial charge in [0, 0.05) is 32.7 Å². The molecule has 0 bridgehead atoms. The van der Waals surface area contributed by atoms with E-state index in [1.54, 1.807) is 31.2 Å². The molecule has 0 aliphatic rings. The van der Waals surface area contributed by atoms with E-state index in [1.807, 2.05) is 18.2 Å². The van der Waals surface area contributed by atoms with Crippen LogP contribution in [0.15, 0.2) is 30.3 Å². The summed E-state index contributed by atoms with van der Waals surface area (Å²) in [7, 11) is 3.48. The lowest BCUT2D eigenvalue weighted by Crippen LogP contribution is -2.45. The summed E-state index contributed by atoms with van der Waals surface area (Å²) in [5.41, 5.74) is 0.706. The lowest BCUT2D eigenvalue weighted by atomic mass is 10.3. The number of urea groups is 1. The van der Waals surface area contributed by atoms with Crippen LogP contribution in [0.25, 0.3) is 0 Å². The van der Waals surface area contributed by atoms with Crippen LogP contribution in [0.1, 0.15) is 12.8 Å². The molecule has 2 N–H and O–H groups in total. The largest absolute Gasteiger partial charge is 0.481 e. The van der Waals surface area contributed by atoms with Gasteiger partial charge >= 0.3 is 12.0 Å². The Morgan fingerprint density at radius 1 is 1.21 bits per heavy atom. The SMILES string of the molecule is CN(C)N(CCCC(=O)O)C(=O)Nc1ccccc1. The average Bonchev–Trinajstić information content (AvgIpc) is 2.35. The Hall–Kier alpha value is -2.08. The second-order valence-corrected chi connectivity index (χ2v) is 4.26. The van der Waals surface area contributed by atoms with Crippen LogP contribution in [0.5, 0.6) is 0 Å². The second-order valence-electron chi connectivity index (χ2n) is 4.26. The Balaban J connectivity index is 2.55. The number of carboxylic acid groups (broad SMARTS) is 1. The van der Waals surface area contributed by atoms with Gasteiger partial charge in [0.05, 0.1) is 0 Å². The number of carbonyl (C=O) groups excluding carboxylic acids is 1. The van der Waals surface area contributed by atoms with Crippen molar-refractivity contribution in [2.75, 3.05) is 26.0 Å².